The van der Waals surface area contributed by atoms with E-state index in [1.807, 2.05) is 12.1 Å². The standard InChI is InChI=1S/C12H15NOS/c1-10(15-9-13)3-4-11-5-7-12(14-2)8-6-11/h5-8,10H,3-4H2,1-2H3/t10-/m0/s1. The molecule has 3 heteroatoms. The van der Waals surface area contributed by atoms with Crippen molar-refractivity contribution < 1.29 is 4.74 Å². The number of thiocyanates is 1. The van der Waals surface area contributed by atoms with Crippen LogP contribution in [0.25, 0.3) is 0 Å². The van der Waals surface area contributed by atoms with E-state index in [4.69, 9.17) is 10.00 Å². The fourth-order valence-electron chi connectivity index (χ4n) is 1.31. The third-order valence-electron chi connectivity index (χ3n) is 2.25. The van der Waals surface area contributed by atoms with Crippen LogP contribution in [0.15, 0.2) is 24.3 Å². The molecule has 0 bridgehead atoms. The average Bonchev–Trinajstić information content (AvgIpc) is 2.27. The van der Waals surface area contributed by atoms with Crippen molar-refractivity contribution in [2.75, 3.05) is 7.11 Å². The molecule has 0 aliphatic heterocycles. The second-order valence-electron chi connectivity index (χ2n) is 3.41. The Balaban J connectivity index is 2.41. The summed E-state index contributed by atoms with van der Waals surface area (Å²) in [6, 6.07) is 8.08. The van der Waals surface area contributed by atoms with Gasteiger partial charge in [0.15, 0.2) is 0 Å². The highest BCUT2D eigenvalue weighted by Gasteiger charge is 2.02. The van der Waals surface area contributed by atoms with Gasteiger partial charge in [0.1, 0.15) is 11.2 Å². The van der Waals surface area contributed by atoms with Crippen LogP contribution in [0.3, 0.4) is 0 Å². The highest BCUT2D eigenvalue weighted by molar-refractivity contribution is 8.04. The largest absolute Gasteiger partial charge is 0.497 e. The molecule has 15 heavy (non-hydrogen) atoms. The molecule has 0 heterocycles. The summed E-state index contributed by atoms with van der Waals surface area (Å²) in [4.78, 5) is 0. The van der Waals surface area contributed by atoms with Gasteiger partial charge in [-0.05, 0) is 42.3 Å². The third kappa shape index (κ3) is 4.26. The molecule has 2 nitrogen and oxygen atoms in total. The molecule has 0 saturated heterocycles. The second kappa shape index (κ2) is 6.36. The van der Waals surface area contributed by atoms with E-state index in [1.54, 1.807) is 7.11 Å². The summed E-state index contributed by atoms with van der Waals surface area (Å²) < 4.78 is 5.09. The summed E-state index contributed by atoms with van der Waals surface area (Å²) >= 11 is 1.34. The van der Waals surface area contributed by atoms with Gasteiger partial charge in [-0.15, -0.1) is 0 Å². The van der Waals surface area contributed by atoms with Crippen LogP contribution in [0.5, 0.6) is 5.75 Å². The van der Waals surface area contributed by atoms with Crippen LogP contribution in [0.4, 0.5) is 0 Å². The highest BCUT2D eigenvalue weighted by atomic mass is 32.2. The normalized spacial score (nSPS) is 11.8. The molecule has 0 saturated carbocycles. The molecule has 1 atom stereocenters. The van der Waals surface area contributed by atoms with Crippen molar-refractivity contribution >= 4 is 11.8 Å². The number of hydrogen-bond donors (Lipinski definition) is 0. The first-order chi connectivity index (χ1) is 7.26. The molecule has 0 aliphatic rings. The van der Waals surface area contributed by atoms with E-state index >= 15 is 0 Å². The van der Waals surface area contributed by atoms with Crippen molar-refractivity contribution in [2.45, 2.75) is 25.0 Å². The van der Waals surface area contributed by atoms with Crippen molar-refractivity contribution in [3.8, 4) is 11.2 Å². The van der Waals surface area contributed by atoms with Gasteiger partial charge in [-0.1, -0.05) is 19.1 Å². The number of thioether (sulfide) groups is 1. The Morgan fingerprint density at radius 2 is 2.07 bits per heavy atom. The molecular weight excluding hydrogens is 206 g/mol. The highest BCUT2D eigenvalue weighted by Crippen LogP contribution is 2.17. The van der Waals surface area contributed by atoms with Crippen LogP contribution in [-0.4, -0.2) is 12.4 Å². The average molecular weight is 221 g/mol. The second-order valence-corrected chi connectivity index (χ2v) is 4.63. The minimum absolute atomic E-state index is 0.400. The van der Waals surface area contributed by atoms with Gasteiger partial charge in [0.25, 0.3) is 0 Å². The zero-order valence-electron chi connectivity index (χ0n) is 9.06. The zero-order valence-corrected chi connectivity index (χ0v) is 9.88. The van der Waals surface area contributed by atoms with Gasteiger partial charge < -0.3 is 4.74 Å². The molecule has 0 radical (unpaired) electrons. The lowest BCUT2D eigenvalue weighted by Crippen LogP contribution is -1.97. The van der Waals surface area contributed by atoms with Crippen LogP contribution in [0.2, 0.25) is 0 Å². The lowest BCUT2D eigenvalue weighted by molar-refractivity contribution is 0.414. The van der Waals surface area contributed by atoms with Gasteiger partial charge in [0, 0.05) is 5.25 Å². The number of benzene rings is 1. The third-order valence-corrected chi connectivity index (χ3v) is 3.00. The first-order valence-electron chi connectivity index (χ1n) is 4.94. The molecule has 0 aliphatic carbocycles. The number of nitriles is 1. The molecule has 1 aromatic rings. The summed E-state index contributed by atoms with van der Waals surface area (Å²) in [5.74, 6) is 0.887. The lowest BCUT2D eigenvalue weighted by Gasteiger charge is -2.06. The van der Waals surface area contributed by atoms with Crippen LogP contribution in [0.1, 0.15) is 18.9 Å². The van der Waals surface area contributed by atoms with Gasteiger partial charge in [0.05, 0.1) is 7.11 Å². The fraction of sp³-hybridized carbons (Fsp3) is 0.417. The monoisotopic (exact) mass is 221 g/mol. The minimum Gasteiger partial charge on any atom is -0.497 e. The van der Waals surface area contributed by atoms with Gasteiger partial charge in [-0.2, -0.15) is 5.26 Å². The van der Waals surface area contributed by atoms with E-state index in [0.717, 1.165) is 18.6 Å². The van der Waals surface area contributed by atoms with Crippen molar-refractivity contribution in [1.29, 1.82) is 5.26 Å². The maximum Gasteiger partial charge on any atom is 0.133 e. The van der Waals surface area contributed by atoms with Crippen LogP contribution < -0.4 is 4.74 Å². The molecule has 1 aromatic carbocycles. The maximum atomic E-state index is 8.50. The topological polar surface area (TPSA) is 33.0 Å². The van der Waals surface area contributed by atoms with Gasteiger partial charge in [0.2, 0.25) is 0 Å². The van der Waals surface area contributed by atoms with Gasteiger partial charge in [-0.25, -0.2) is 0 Å². The predicted molar refractivity (Wildman–Crippen MR) is 64.0 cm³/mol. The number of methoxy groups -OCH3 is 1. The van der Waals surface area contributed by atoms with Gasteiger partial charge >= 0.3 is 0 Å². The molecule has 0 amide bonds. The Morgan fingerprint density at radius 1 is 1.40 bits per heavy atom. The van der Waals surface area contributed by atoms with Crippen LogP contribution >= 0.6 is 11.8 Å². The zero-order chi connectivity index (χ0) is 11.1. The molecule has 1 rings (SSSR count). The van der Waals surface area contributed by atoms with E-state index in [0.29, 0.717) is 5.25 Å². The number of aryl methyl sites for hydroxylation is 1. The van der Waals surface area contributed by atoms with E-state index in [2.05, 4.69) is 24.5 Å². The Bertz CT molecular complexity index is 328. The molecule has 0 spiro atoms. The molecular formula is C12H15NOS. The van der Waals surface area contributed by atoms with Gasteiger partial charge in [-0.3, -0.25) is 0 Å². The molecule has 0 unspecified atom stereocenters. The molecule has 0 fully saturated rings. The van der Waals surface area contributed by atoms with Crippen LogP contribution in [0, 0.1) is 10.7 Å². The van der Waals surface area contributed by atoms with Crippen molar-refractivity contribution in [3.63, 3.8) is 0 Å². The van der Waals surface area contributed by atoms with Crippen molar-refractivity contribution in [2.24, 2.45) is 0 Å². The minimum atomic E-state index is 0.400. The number of nitrogens with zero attached hydrogens (tertiary/aromatic N) is 1. The lowest BCUT2D eigenvalue weighted by atomic mass is 10.1. The smallest absolute Gasteiger partial charge is 0.133 e. The van der Waals surface area contributed by atoms with Crippen molar-refractivity contribution in [3.05, 3.63) is 29.8 Å². The van der Waals surface area contributed by atoms with Crippen LogP contribution in [-0.2, 0) is 6.42 Å². The molecule has 0 aromatic heterocycles. The SMILES string of the molecule is COc1ccc(CC[C@H](C)SC#N)cc1. The fourth-order valence-corrected chi connectivity index (χ4v) is 1.73. The number of ether oxygens (including phenoxy) is 1. The van der Waals surface area contributed by atoms with E-state index < -0.39 is 0 Å². The first-order valence-corrected chi connectivity index (χ1v) is 5.82. The summed E-state index contributed by atoms with van der Waals surface area (Å²) in [7, 11) is 1.67. The summed E-state index contributed by atoms with van der Waals surface area (Å²) in [5, 5.41) is 11.0. The Hall–Kier alpha value is -1.14. The number of rotatable bonds is 5. The predicted octanol–water partition coefficient (Wildman–Crippen LogP) is 3.23. The molecule has 0 N–H and O–H groups in total. The Morgan fingerprint density at radius 3 is 2.60 bits per heavy atom. The van der Waals surface area contributed by atoms with E-state index in [-0.39, 0.29) is 0 Å². The Kier molecular flexibility index (Phi) is 5.06. The quantitative estimate of drug-likeness (QED) is 0.716. The Labute approximate surface area is 95.3 Å². The molecule has 80 valence electrons. The van der Waals surface area contributed by atoms with Crippen molar-refractivity contribution in [1.82, 2.24) is 0 Å². The van der Waals surface area contributed by atoms with E-state index in [9.17, 15) is 0 Å². The summed E-state index contributed by atoms with van der Waals surface area (Å²) in [6.45, 7) is 2.08. The van der Waals surface area contributed by atoms with E-state index in [1.165, 1.54) is 17.3 Å². The summed E-state index contributed by atoms with van der Waals surface area (Å²) in [5.41, 5.74) is 1.29. The summed E-state index contributed by atoms with van der Waals surface area (Å²) in [6.07, 6.45) is 2.05. The number of hydrogen-bond acceptors (Lipinski definition) is 3. The maximum absolute atomic E-state index is 8.50. The first kappa shape index (κ1) is 11.9.